The molecule has 0 unspecified atom stereocenters. The summed E-state index contributed by atoms with van der Waals surface area (Å²) in [6.07, 6.45) is 0.620. The number of likely N-dealkylation sites (tertiary alicyclic amines) is 1. The van der Waals surface area contributed by atoms with Crippen molar-refractivity contribution in [1.82, 2.24) is 10.2 Å². The summed E-state index contributed by atoms with van der Waals surface area (Å²) in [7, 11) is 2.09. The van der Waals surface area contributed by atoms with Gasteiger partial charge in [0, 0.05) is 44.5 Å². The molecule has 3 rings (SSSR count). The molecule has 1 saturated heterocycles. The summed E-state index contributed by atoms with van der Waals surface area (Å²) in [5.74, 6) is -0.0441. The first kappa shape index (κ1) is 19.4. The van der Waals surface area contributed by atoms with Gasteiger partial charge < -0.3 is 15.3 Å². The average molecular weight is 367 g/mol. The van der Waals surface area contributed by atoms with Gasteiger partial charge in [-0.1, -0.05) is 30.3 Å². The van der Waals surface area contributed by atoms with Crippen molar-refractivity contribution in [2.75, 3.05) is 38.1 Å². The van der Waals surface area contributed by atoms with Crippen molar-refractivity contribution >= 4 is 11.6 Å². The van der Waals surface area contributed by atoms with Crippen molar-refractivity contribution in [2.45, 2.75) is 25.5 Å². The molecular formula is C22H29N3O2. The van der Waals surface area contributed by atoms with Gasteiger partial charge in [-0.15, -0.1) is 0 Å². The predicted molar refractivity (Wildman–Crippen MR) is 109 cm³/mol. The lowest BCUT2D eigenvalue weighted by Gasteiger charge is -2.33. The Kier molecular flexibility index (Phi) is 6.48. The molecule has 5 nitrogen and oxygen atoms in total. The van der Waals surface area contributed by atoms with Crippen LogP contribution in [0.15, 0.2) is 54.6 Å². The summed E-state index contributed by atoms with van der Waals surface area (Å²) in [5.41, 5.74) is 2.98. The van der Waals surface area contributed by atoms with Gasteiger partial charge >= 0.3 is 0 Å². The Morgan fingerprint density at radius 3 is 2.52 bits per heavy atom. The molecule has 1 aliphatic heterocycles. The van der Waals surface area contributed by atoms with Crippen molar-refractivity contribution in [3.05, 3.63) is 65.7 Å². The summed E-state index contributed by atoms with van der Waals surface area (Å²) < 4.78 is 0. The normalized spacial score (nSPS) is 18.3. The molecule has 1 amide bonds. The first-order valence-corrected chi connectivity index (χ1v) is 9.65. The number of anilines is 1. The minimum absolute atomic E-state index is 0.0441. The molecule has 1 heterocycles. The number of hydrogen-bond donors (Lipinski definition) is 2. The van der Waals surface area contributed by atoms with E-state index in [0.717, 1.165) is 31.7 Å². The Morgan fingerprint density at radius 1 is 1.22 bits per heavy atom. The fourth-order valence-electron chi connectivity index (χ4n) is 3.64. The summed E-state index contributed by atoms with van der Waals surface area (Å²) in [6, 6.07) is 18.4. The second-order valence-corrected chi connectivity index (χ2v) is 7.15. The number of carbonyl (C=O) groups excluding carboxylic acids is 1. The Balaban J connectivity index is 1.79. The molecule has 0 aliphatic carbocycles. The highest BCUT2D eigenvalue weighted by molar-refractivity contribution is 5.94. The summed E-state index contributed by atoms with van der Waals surface area (Å²) >= 11 is 0. The SMILES string of the molecule is CCNC(=O)c1ccc(N(C)[C@H](CN2CC[C@H](O)C2)c2ccccc2)cc1. The van der Waals surface area contributed by atoms with Crippen molar-refractivity contribution in [1.29, 1.82) is 0 Å². The lowest BCUT2D eigenvalue weighted by Crippen LogP contribution is -2.36. The number of β-amino-alcohol motifs (C(OH)–C–C–N with tert-alkyl or cyclic N) is 1. The summed E-state index contributed by atoms with van der Waals surface area (Å²) in [4.78, 5) is 16.6. The first-order valence-electron chi connectivity index (χ1n) is 9.65. The number of amides is 1. The van der Waals surface area contributed by atoms with Crippen LogP contribution in [0.25, 0.3) is 0 Å². The van der Waals surface area contributed by atoms with Crippen LogP contribution in [0.5, 0.6) is 0 Å². The number of aliphatic hydroxyl groups excluding tert-OH is 1. The van der Waals surface area contributed by atoms with E-state index in [0.29, 0.717) is 12.1 Å². The minimum atomic E-state index is -0.219. The van der Waals surface area contributed by atoms with Gasteiger partial charge in [0.15, 0.2) is 0 Å². The highest BCUT2D eigenvalue weighted by atomic mass is 16.3. The molecule has 0 aromatic heterocycles. The standard InChI is InChI=1S/C22H29N3O2/c1-3-23-22(27)18-9-11-19(12-10-18)24(2)21(17-7-5-4-6-8-17)16-25-14-13-20(26)15-25/h4-12,20-21,26H,3,13-16H2,1-2H3,(H,23,27)/t20-,21+/m0/s1. The number of likely N-dealkylation sites (N-methyl/N-ethyl adjacent to an activating group) is 1. The molecule has 27 heavy (non-hydrogen) atoms. The van der Waals surface area contributed by atoms with Crippen LogP contribution in [0.1, 0.15) is 35.3 Å². The van der Waals surface area contributed by atoms with E-state index in [9.17, 15) is 9.90 Å². The summed E-state index contributed by atoms with van der Waals surface area (Å²) in [6.45, 7) is 5.05. The highest BCUT2D eigenvalue weighted by Gasteiger charge is 2.26. The molecule has 0 spiro atoms. The zero-order valence-corrected chi connectivity index (χ0v) is 16.1. The molecule has 0 radical (unpaired) electrons. The van der Waals surface area contributed by atoms with Crippen LogP contribution in [0.2, 0.25) is 0 Å². The molecule has 5 heteroatoms. The number of carbonyl (C=O) groups is 1. The fraction of sp³-hybridized carbons (Fsp3) is 0.409. The number of nitrogens with one attached hydrogen (secondary N) is 1. The Hall–Kier alpha value is -2.37. The number of rotatable bonds is 7. The molecule has 2 N–H and O–H groups in total. The van der Waals surface area contributed by atoms with E-state index in [-0.39, 0.29) is 18.1 Å². The second kappa shape index (κ2) is 9.02. The molecule has 1 aliphatic rings. The Morgan fingerprint density at radius 2 is 1.93 bits per heavy atom. The molecule has 2 aromatic rings. The van der Waals surface area contributed by atoms with Gasteiger partial charge in [0.25, 0.3) is 5.91 Å². The quantitative estimate of drug-likeness (QED) is 0.790. The van der Waals surface area contributed by atoms with Gasteiger partial charge in [-0.25, -0.2) is 0 Å². The van der Waals surface area contributed by atoms with Crippen molar-refractivity contribution in [3.63, 3.8) is 0 Å². The van der Waals surface area contributed by atoms with E-state index in [1.165, 1.54) is 5.56 Å². The zero-order valence-electron chi connectivity index (χ0n) is 16.1. The molecule has 0 saturated carbocycles. The van der Waals surface area contributed by atoms with Crippen molar-refractivity contribution < 1.29 is 9.90 Å². The molecule has 0 bridgehead atoms. The van der Waals surface area contributed by atoms with Gasteiger partial charge in [0.05, 0.1) is 12.1 Å². The molecule has 144 valence electrons. The average Bonchev–Trinajstić information content (AvgIpc) is 3.11. The van der Waals surface area contributed by atoms with E-state index in [4.69, 9.17) is 0 Å². The van der Waals surface area contributed by atoms with Gasteiger partial charge in [0.1, 0.15) is 0 Å². The van der Waals surface area contributed by atoms with Crippen LogP contribution >= 0.6 is 0 Å². The molecule has 2 aromatic carbocycles. The number of hydrogen-bond acceptors (Lipinski definition) is 4. The lowest BCUT2D eigenvalue weighted by atomic mass is 10.0. The van der Waals surface area contributed by atoms with Crippen LogP contribution in [0, 0.1) is 0 Å². The van der Waals surface area contributed by atoms with Gasteiger partial charge in [-0.2, -0.15) is 0 Å². The maximum Gasteiger partial charge on any atom is 0.251 e. The van der Waals surface area contributed by atoms with Crippen molar-refractivity contribution in [3.8, 4) is 0 Å². The monoisotopic (exact) mass is 367 g/mol. The van der Waals surface area contributed by atoms with Gasteiger partial charge in [-0.05, 0) is 43.2 Å². The smallest absolute Gasteiger partial charge is 0.251 e. The second-order valence-electron chi connectivity index (χ2n) is 7.15. The van der Waals surface area contributed by atoms with E-state index in [1.807, 2.05) is 37.3 Å². The molecular weight excluding hydrogens is 338 g/mol. The van der Waals surface area contributed by atoms with E-state index >= 15 is 0 Å². The third-order valence-electron chi connectivity index (χ3n) is 5.20. The van der Waals surface area contributed by atoms with Gasteiger partial charge in [-0.3, -0.25) is 9.69 Å². The van der Waals surface area contributed by atoms with Crippen molar-refractivity contribution in [2.24, 2.45) is 0 Å². The highest BCUT2D eigenvalue weighted by Crippen LogP contribution is 2.28. The zero-order chi connectivity index (χ0) is 19.2. The van der Waals surface area contributed by atoms with E-state index < -0.39 is 0 Å². The third-order valence-corrected chi connectivity index (χ3v) is 5.20. The van der Waals surface area contributed by atoms with Crippen LogP contribution in [-0.2, 0) is 0 Å². The largest absolute Gasteiger partial charge is 0.392 e. The fourth-order valence-corrected chi connectivity index (χ4v) is 3.64. The topological polar surface area (TPSA) is 55.8 Å². The minimum Gasteiger partial charge on any atom is -0.392 e. The van der Waals surface area contributed by atoms with Crippen LogP contribution < -0.4 is 10.2 Å². The van der Waals surface area contributed by atoms with Gasteiger partial charge in [0.2, 0.25) is 0 Å². The lowest BCUT2D eigenvalue weighted by molar-refractivity contribution is 0.0956. The molecule has 1 fully saturated rings. The van der Waals surface area contributed by atoms with E-state index in [2.05, 4.69) is 46.4 Å². The Bertz CT molecular complexity index is 733. The molecule has 2 atom stereocenters. The number of benzene rings is 2. The maximum absolute atomic E-state index is 12.0. The maximum atomic E-state index is 12.0. The number of aliphatic hydroxyl groups is 1. The predicted octanol–water partition coefficient (Wildman–Crippen LogP) is 2.68. The first-order chi connectivity index (χ1) is 13.1. The third kappa shape index (κ3) is 4.87. The van der Waals surface area contributed by atoms with Crippen LogP contribution in [0.3, 0.4) is 0 Å². The van der Waals surface area contributed by atoms with Crippen LogP contribution in [0.4, 0.5) is 5.69 Å². The number of nitrogens with zero attached hydrogens (tertiary/aromatic N) is 2. The summed E-state index contributed by atoms with van der Waals surface area (Å²) in [5, 5.41) is 12.7. The van der Waals surface area contributed by atoms with Crippen LogP contribution in [-0.4, -0.2) is 55.2 Å². The Labute approximate surface area is 161 Å². The van der Waals surface area contributed by atoms with E-state index in [1.54, 1.807) is 0 Å².